The van der Waals surface area contributed by atoms with Crippen LogP contribution in [-0.4, -0.2) is 31.7 Å². The van der Waals surface area contributed by atoms with Crippen LogP contribution in [-0.2, 0) is 14.8 Å². The number of rotatable bonds is 4. The Morgan fingerprint density at radius 3 is 2.43 bits per heavy atom. The summed E-state index contributed by atoms with van der Waals surface area (Å²) >= 11 is 0. The van der Waals surface area contributed by atoms with Crippen molar-refractivity contribution in [3.63, 3.8) is 0 Å². The maximum absolute atomic E-state index is 13.2. The maximum Gasteiger partial charge on any atom is 0.243 e. The molecule has 1 atom stereocenters. The average Bonchev–Trinajstić information content (AvgIpc) is 2.66. The molecule has 1 unspecified atom stereocenters. The van der Waals surface area contributed by atoms with Crippen LogP contribution in [0.4, 0.5) is 5.69 Å². The lowest BCUT2D eigenvalue weighted by Gasteiger charge is -2.31. The van der Waals surface area contributed by atoms with Gasteiger partial charge in [0.1, 0.15) is 0 Å². The summed E-state index contributed by atoms with van der Waals surface area (Å²) in [6.45, 7) is 8.38. The molecule has 28 heavy (non-hydrogen) atoms. The first-order valence-electron chi connectivity index (χ1n) is 9.64. The number of hydrogen-bond acceptors (Lipinski definition) is 3. The quantitative estimate of drug-likeness (QED) is 0.845. The maximum atomic E-state index is 13.2. The molecule has 1 aliphatic heterocycles. The lowest BCUT2D eigenvalue weighted by Crippen LogP contribution is -2.43. The molecule has 0 bridgehead atoms. The van der Waals surface area contributed by atoms with Gasteiger partial charge in [-0.25, -0.2) is 8.42 Å². The molecule has 1 amide bonds. The van der Waals surface area contributed by atoms with E-state index in [0.29, 0.717) is 24.3 Å². The van der Waals surface area contributed by atoms with Crippen molar-refractivity contribution in [1.29, 1.82) is 0 Å². The molecule has 1 N–H and O–H groups in total. The Labute approximate surface area is 167 Å². The summed E-state index contributed by atoms with van der Waals surface area (Å²) in [4.78, 5) is 13.1. The third kappa shape index (κ3) is 4.28. The van der Waals surface area contributed by atoms with Gasteiger partial charge in [0.2, 0.25) is 15.9 Å². The molecule has 0 aliphatic carbocycles. The van der Waals surface area contributed by atoms with Crippen molar-refractivity contribution in [3.8, 4) is 0 Å². The van der Waals surface area contributed by atoms with E-state index < -0.39 is 10.0 Å². The number of sulfonamides is 1. The average molecular weight is 401 g/mol. The lowest BCUT2D eigenvalue weighted by atomic mass is 9.98. The molecule has 5 nitrogen and oxygen atoms in total. The van der Waals surface area contributed by atoms with E-state index in [0.717, 1.165) is 22.4 Å². The molecule has 0 radical (unpaired) electrons. The van der Waals surface area contributed by atoms with Gasteiger partial charge in [-0.2, -0.15) is 4.31 Å². The molecular weight excluding hydrogens is 372 g/mol. The smallest absolute Gasteiger partial charge is 0.243 e. The van der Waals surface area contributed by atoms with E-state index in [-0.39, 0.29) is 18.4 Å². The molecule has 2 aromatic carbocycles. The molecule has 1 fully saturated rings. The number of amides is 1. The van der Waals surface area contributed by atoms with Crippen LogP contribution in [0, 0.1) is 33.6 Å². The number of piperidine rings is 1. The van der Waals surface area contributed by atoms with Crippen molar-refractivity contribution >= 4 is 21.6 Å². The minimum absolute atomic E-state index is 0.121. The summed E-state index contributed by atoms with van der Waals surface area (Å²) < 4.78 is 27.8. The van der Waals surface area contributed by atoms with Crippen LogP contribution in [0.5, 0.6) is 0 Å². The highest BCUT2D eigenvalue weighted by Crippen LogP contribution is 2.27. The van der Waals surface area contributed by atoms with Crippen LogP contribution in [0.25, 0.3) is 0 Å². The number of carbonyl (C=O) groups is 1. The van der Waals surface area contributed by atoms with Gasteiger partial charge in [-0.15, -0.1) is 0 Å². The van der Waals surface area contributed by atoms with E-state index in [2.05, 4.69) is 5.32 Å². The molecule has 1 heterocycles. The minimum atomic E-state index is -3.61. The van der Waals surface area contributed by atoms with Gasteiger partial charge in [0, 0.05) is 18.8 Å². The van der Waals surface area contributed by atoms with Crippen molar-refractivity contribution in [1.82, 2.24) is 4.31 Å². The lowest BCUT2D eigenvalue weighted by molar-refractivity contribution is -0.120. The Bertz CT molecular complexity index is 999. The standard InChI is InChI=1S/C22H28N2O3S/c1-15-7-8-17(3)21(12-15)28(26,27)24-11-5-6-19(14-24)22(25)23-20-10-9-16(2)18(4)13-20/h7-10,12-13,19H,5-6,11,14H2,1-4H3,(H,23,25). The molecule has 6 heteroatoms. The summed E-state index contributed by atoms with van der Waals surface area (Å²) in [7, 11) is -3.61. The second-order valence-electron chi connectivity index (χ2n) is 7.76. The van der Waals surface area contributed by atoms with E-state index in [1.54, 1.807) is 13.0 Å². The molecule has 2 aromatic rings. The van der Waals surface area contributed by atoms with Gasteiger partial charge in [0.25, 0.3) is 0 Å². The van der Waals surface area contributed by atoms with Crippen LogP contribution in [0.15, 0.2) is 41.3 Å². The Kier molecular flexibility index (Phi) is 5.91. The highest BCUT2D eigenvalue weighted by Gasteiger charge is 2.34. The van der Waals surface area contributed by atoms with Gasteiger partial charge in [-0.1, -0.05) is 18.2 Å². The second kappa shape index (κ2) is 8.05. The molecule has 1 saturated heterocycles. The SMILES string of the molecule is Cc1ccc(C)c(S(=O)(=O)N2CCCC(C(=O)Nc3ccc(C)c(C)c3)C2)c1. The number of hydrogen-bond donors (Lipinski definition) is 1. The zero-order chi connectivity index (χ0) is 20.5. The third-order valence-electron chi connectivity index (χ3n) is 5.49. The molecule has 3 rings (SSSR count). The van der Waals surface area contributed by atoms with Crippen molar-refractivity contribution < 1.29 is 13.2 Å². The molecule has 0 saturated carbocycles. The fraction of sp³-hybridized carbons (Fsp3) is 0.409. The summed E-state index contributed by atoms with van der Waals surface area (Å²) in [6, 6.07) is 11.3. The Hall–Kier alpha value is -2.18. The van der Waals surface area contributed by atoms with E-state index >= 15 is 0 Å². The highest BCUT2D eigenvalue weighted by molar-refractivity contribution is 7.89. The minimum Gasteiger partial charge on any atom is -0.326 e. The second-order valence-corrected chi connectivity index (χ2v) is 9.67. The van der Waals surface area contributed by atoms with Crippen LogP contribution in [0.1, 0.15) is 35.1 Å². The number of carbonyl (C=O) groups excluding carboxylic acids is 1. The van der Waals surface area contributed by atoms with Crippen molar-refractivity contribution in [2.24, 2.45) is 5.92 Å². The first kappa shape index (κ1) is 20.6. The van der Waals surface area contributed by atoms with E-state index in [4.69, 9.17) is 0 Å². The first-order chi connectivity index (χ1) is 13.2. The van der Waals surface area contributed by atoms with E-state index in [1.807, 2.05) is 51.1 Å². The Balaban J connectivity index is 1.76. The van der Waals surface area contributed by atoms with Gasteiger partial charge in [-0.3, -0.25) is 4.79 Å². The number of nitrogens with one attached hydrogen (secondary N) is 1. The number of benzene rings is 2. The van der Waals surface area contributed by atoms with Crippen molar-refractivity contribution in [2.75, 3.05) is 18.4 Å². The molecule has 0 spiro atoms. The molecule has 150 valence electrons. The van der Waals surface area contributed by atoms with Crippen LogP contribution < -0.4 is 5.32 Å². The van der Waals surface area contributed by atoms with Gasteiger partial charge in [0.05, 0.1) is 10.8 Å². The zero-order valence-corrected chi connectivity index (χ0v) is 17.8. The predicted octanol–water partition coefficient (Wildman–Crippen LogP) is 3.96. The summed E-state index contributed by atoms with van der Waals surface area (Å²) in [5, 5.41) is 2.95. The Morgan fingerprint density at radius 2 is 1.71 bits per heavy atom. The summed E-state index contributed by atoms with van der Waals surface area (Å²) in [6.07, 6.45) is 1.37. The van der Waals surface area contributed by atoms with Crippen LogP contribution in [0.2, 0.25) is 0 Å². The summed E-state index contributed by atoms with van der Waals surface area (Å²) in [5.41, 5.74) is 4.67. The third-order valence-corrected chi connectivity index (χ3v) is 7.50. The largest absolute Gasteiger partial charge is 0.326 e. The fourth-order valence-corrected chi connectivity index (χ4v) is 5.40. The Morgan fingerprint density at radius 1 is 1.00 bits per heavy atom. The van der Waals surface area contributed by atoms with Crippen molar-refractivity contribution in [2.45, 2.75) is 45.4 Å². The fourth-order valence-electron chi connectivity index (χ4n) is 3.56. The molecule has 0 aromatic heterocycles. The zero-order valence-electron chi connectivity index (χ0n) is 17.0. The van der Waals surface area contributed by atoms with E-state index in [9.17, 15) is 13.2 Å². The number of anilines is 1. The normalized spacial score (nSPS) is 18.1. The predicted molar refractivity (Wildman–Crippen MR) is 112 cm³/mol. The monoisotopic (exact) mass is 400 g/mol. The highest BCUT2D eigenvalue weighted by atomic mass is 32.2. The summed E-state index contributed by atoms with van der Waals surface area (Å²) in [5.74, 6) is -0.473. The van der Waals surface area contributed by atoms with Crippen molar-refractivity contribution in [3.05, 3.63) is 58.7 Å². The van der Waals surface area contributed by atoms with Crippen LogP contribution >= 0.6 is 0 Å². The van der Waals surface area contributed by atoms with Gasteiger partial charge in [-0.05, 0) is 81.0 Å². The van der Waals surface area contributed by atoms with E-state index in [1.165, 1.54) is 9.87 Å². The van der Waals surface area contributed by atoms with Crippen LogP contribution in [0.3, 0.4) is 0 Å². The number of aryl methyl sites for hydroxylation is 4. The molecule has 1 aliphatic rings. The van der Waals surface area contributed by atoms with Gasteiger partial charge < -0.3 is 5.32 Å². The van der Waals surface area contributed by atoms with Gasteiger partial charge in [0.15, 0.2) is 0 Å². The molecular formula is C22H28N2O3S. The first-order valence-corrected chi connectivity index (χ1v) is 11.1. The topological polar surface area (TPSA) is 66.5 Å². The number of nitrogens with zero attached hydrogens (tertiary/aromatic N) is 1. The van der Waals surface area contributed by atoms with Gasteiger partial charge >= 0.3 is 0 Å².